The van der Waals surface area contributed by atoms with Crippen LogP contribution in [0.3, 0.4) is 0 Å². The lowest BCUT2D eigenvalue weighted by molar-refractivity contribution is -0.121. The van der Waals surface area contributed by atoms with Crippen molar-refractivity contribution in [3.63, 3.8) is 0 Å². The van der Waals surface area contributed by atoms with Crippen LogP contribution in [0.5, 0.6) is 0 Å². The first-order valence-electron chi connectivity index (χ1n) is 8.19. The summed E-state index contributed by atoms with van der Waals surface area (Å²) in [5.74, 6) is -0.209. The zero-order valence-electron chi connectivity index (χ0n) is 13.4. The zero-order chi connectivity index (χ0) is 16.8. The Balaban J connectivity index is 1.57. The largest absolute Gasteiger partial charge is 0.326 e. The van der Waals surface area contributed by atoms with E-state index in [0.717, 1.165) is 24.2 Å². The van der Waals surface area contributed by atoms with E-state index < -0.39 is 0 Å². The third-order valence-electron chi connectivity index (χ3n) is 4.15. The summed E-state index contributed by atoms with van der Waals surface area (Å²) >= 11 is 0. The molecule has 3 amide bonds. The monoisotopic (exact) mass is 323 g/mol. The summed E-state index contributed by atoms with van der Waals surface area (Å²) in [7, 11) is 0. The van der Waals surface area contributed by atoms with Gasteiger partial charge >= 0.3 is 6.03 Å². The molecule has 1 saturated heterocycles. The van der Waals surface area contributed by atoms with Crippen molar-refractivity contribution in [1.82, 2.24) is 4.90 Å². The van der Waals surface area contributed by atoms with Crippen LogP contribution in [0.1, 0.15) is 12.8 Å². The molecule has 5 nitrogen and oxygen atoms in total. The number of hydrogen-bond acceptors (Lipinski definition) is 2. The van der Waals surface area contributed by atoms with Crippen LogP contribution >= 0.6 is 0 Å². The molecule has 0 spiro atoms. The van der Waals surface area contributed by atoms with Gasteiger partial charge < -0.3 is 15.5 Å². The van der Waals surface area contributed by atoms with Crippen LogP contribution in [0.2, 0.25) is 0 Å². The summed E-state index contributed by atoms with van der Waals surface area (Å²) in [4.78, 5) is 26.5. The Morgan fingerprint density at radius 2 is 1.46 bits per heavy atom. The normalized spacial score (nSPS) is 17.2. The lowest BCUT2D eigenvalue weighted by Gasteiger charge is -2.32. The Hall–Kier alpha value is -2.82. The van der Waals surface area contributed by atoms with Gasteiger partial charge in [-0.25, -0.2) is 4.79 Å². The summed E-state index contributed by atoms with van der Waals surface area (Å²) in [6.07, 6.45) is 1.63. The summed E-state index contributed by atoms with van der Waals surface area (Å²) < 4.78 is 0. The molecule has 124 valence electrons. The molecule has 0 radical (unpaired) electrons. The third-order valence-corrected chi connectivity index (χ3v) is 4.15. The minimum atomic E-state index is -0.180. The van der Waals surface area contributed by atoms with E-state index in [9.17, 15) is 9.59 Å². The second kappa shape index (κ2) is 7.64. The fraction of sp³-hybridized carbons (Fsp3) is 0.263. The molecule has 2 N–H and O–H groups in total. The van der Waals surface area contributed by atoms with Crippen LogP contribution in [0.15, 0.2) is 60.7 Å². The molecule has 1 unspecified atom stereocenters. The van der Waals surface area contributed by atoms with Gasteiger partial charge in [0.2, 0.25) is 5.91 Å². The van der Waals surface area contributed by atoms with Crippen LogP contribution in [-0.2, 0) is 4.79 Å². The highest BCUT2D eigenvalue weighted by atomic mass is 16.2. The van der Waals surface area contributed by atoms with E-state index in [1.807, 2.05) is 60.7 Å². The molecule has 0 saturated carbocycles. The number of amides is 3. The summed E-state index contributed by atoms with van der Waals surface area (Å²) in [6.45, 7) is 1.12. The number of nitrogens with zero attached hydrogens (tertiary/aromatic N) is 1. The molecule has 1 atom stereocenters. The lowest BCUT2D eigenvalue weighted by atomic mass is 9.97. The molecular formula is C19H21N3O2. The number of anilines is 2. The van der Waals surface area contributed by atoms with Crippen LogP contribution in [0, 0.1) is 5.92 Å². The van der Waals surface area contributed by atoms with Crippen LogP contribution in [0.25, 0.3) is 0 Å². The zero-order valence-corrected chi connectivity index (χ0v) is 13.4. The summed E-state index contributed by atoms with van der Waals surface area (Å²) in [5, 5.41) is 5.80. The Kier molecular flexibility index (Phi) is 5.11. The minimum absolute atomic E-state index is 0.0292. The van der Waals surface area contributed by atoms with E-state index in [1.54, 1.807) is 4.90 Å². The van der Waals surface area contributed by atoms with E-state index in [-0.39, 0.29) is 17.9 Å². The van der Waals surface area contributed by atoms with Crippen molar-refractivity contribution >= 4 is 23.3 Å². The number of carbonyl (C=O) groups excluding carboxylic acids is 2. The van der Waals surface area contributed by atoms with Crippen molar-refractivity contribution in [2.45, 2.75) is 12.8 Å². The van der Waals surface area contributed by atoms with Gasteiger partial charge in [-0.3, -0.25) is 4.79 Å². The number of benzene rings is 2. The number of carbonyl (C=O) groups is 2. The minimum Gasteiger partial charge on any atom is -0.326 e. The fourth-order valence-corrected chi connectivity index (χ4v) is 2.87. The van der Waals surface area contributed by atoms with Gasteiger partial charge in [0.05, 0.1) is 5.92 Å². The van der Waals surface area contributed by atoms with Crippen LogP contribution < -0.4 is 10.6 Å². The predicted molar refractivity (Wildman–Crippen MR) is 94.8 cm³/mol. The Labute approximate surface area is 141 Å². The number of piperidine rings is 1. The molecule has 1 aliphatic rings. The molecule has 0 aliphatic carbocycles. The molecule has 1 heterocycles. The van der Waals surface area contributed by atoms with Gasteiger partial charge in [-0.2, -0.15) is 0 Å². The molecule has 2 aromatic carbocycles. The highest BCUT2D eigenvalue weighted by Crippen LogP contribution is 2.20. The molecule has 1 fully saturated rings. The molecular weight excluding hydrogens is 302 g/mol. The van der Waals surface area contributed by atoms with Crippen molar-refractivity contribution in [2.75, 3.05) is 23.7 Å². The molecule has 5 heteroatoms. The third kappa shape index (κ3) is 4.13. The van der Waals surface area contributed by atoms with Gasteiger partial charge in [0.15, 0.2) is 0 Å². The van der Waals surface area contributed by atoms with Gasteiger partial charge in [-0.05, 0) is 37.1 Å². The number of likely N-dealkylation sites (tertiary alicyclic amines) is 1. The standard InChI is InChI=1S/C19H21N3O2/c23-18(20-16-9-3-1-4-10-16)15-8-7-13-22(14-15)19(24)21-17-11-5-2-6-12-17/h1-6,9-12,15H,7-8,13-14H2,(H,20,23)(H,21,24). The molecule has 2 aromatic rings. The first kappa shape index (κ1) is 16.1. The topological polar surface area (TPSA) is 61.4 Å². The van der Waals surface area contributed by atoms with Crippen LogP contribution in [0.4, 0.5) is 16.2 Å². The van der Waals surface area contributed by atoms with Gasteiger partial charge in [0.1, 0.15) is 0 Å². The Morgan fingerprint density at radius 1 is 0.875 bits per heavy atom. The first-order valence-corrected chi connectivity index (χ1v) is 8.19. The maximum atomic E-state index is 12.4. The number of para-hydroxylation sites is 2. The number of rotatable bonds is 3. The van der Waals surface area contributed by atoms with E-state index in [1.165, 1.54) is 0 Å². The Morgan fingerprint density at radius 3 is 2.08 bits per heavy atom. The second-order valence-electron chi connectivity index (χ2n) is 5.94. The predicted octanol–water partition coefficient (Wildman–Crippen LogP) is 3.57. The average Bonchev–Trinajstić information content (AvgIpc) is 2.63. The average molecular weight is 323 g/mol. The van der Waals surface area contributed by atoms with Gasteiger partial charge in [-0.15, -0.1) is 0 Å². The van der Waals surface area contributed by atoms with E-state index in [4.69, 9.17) is 0 Å². The summed E-state index contributed by atoms with van der Waals surface area (Å²) in [6, 6.07) is 18.6. The first-order chi connectivity index (χ1) is 11.7. The smallest absolute Gasteiger partial charge is 0.321 e. The molecule has 1 aliphatic heterocycles. The van der Waals surface area contributed by atoms with Crippen molar-refractivity contribution in [1.29, 1.82) is 0 Å². The number of urea groups is 1. The van der Waals surface area contributed by atoms with Gasteiger partial charge in [0, 0.05) is 24.5 Å². The SMILES string of the molecule is O=C(Nc1ccccc1)C1CCCN(C(=O)Nc2ccccc2)C1. The van der Waals surface area contributed by atoms with Gasteiger partial charge in [-0.1, -0.05) is 36.4 Å². The second-order valence-corrected chi connectivity index (χ2v) is 5.94. The summed E-state index contributed by atoms with van der Waals surface area (Å²) in [5.41, 5.74) is 1.55. The van der Waals surface area contributed by atoms with Crippen molar-refractivity contribution in [2.24, 2.45) is 5.92 Å². The van der Waals surface area contributed by atoms with E-state index in [2.05, 4.69) is 10.6 Å². The van der Waals surface area contributed by atoms with Crippen molar-refractivity contribution < 1.29 is 9.59 Å². The highest BCUT2D eigenvalue weighted by Gasteiger charge is 2.28. The molecule has 3 rings (SSSR count). The lowest BCUT2D eigenvalue weighted by Crippen LogP contribution is -2.45. The molecule has 0 aromatic heterocycles. The van der Waals surface area contributed by atoms with Crippen molar-refractivity contribution in [3.05, 3.63) is 60.7 Å². The van der Waals surface area contributed by atoms with Crippen molar-refractivity contribution in [3.8, 4) is 0 Å². The molecule has 0 bridgehead atoms. The highest BCUT2D eigenvalue weighted by molar-refractivity contribution is 5.94. The maximum Gasteiger partial charge on any atom is 0.321 e. The van der Waals surface area contributed by atoms with E-state index in [0.29, 0.717) is 13.1 Å². The Bertz CT molecular complexity index is 629. The number of hydrogen-bond donors (Lipinski definition) is 2. The number of nitrogens with one attached hydrogen (secondary N) is 2. The fourth-order valence-electron chi connectivity index (χ4n) is 2.87. The van der Waals surface area contributed by atoms with E-state index >= 15 is 0 Å². The molecule has 24 heavy (non-hydrogen) atoms. The van der Waals surface area contributed by atoms with Gasteiger partial charge in [0.25, 0.3) is 0 Å². The quantitative estimate of drug-likeness (QED) is 0.907. The maximum absolute atomic E-state index is 12.4. The van der Waals surface area contributed by atoms with Crippen LogP contribution in [-0.4, -0.2) is 29.9 Å².